The summed E-state index contributed by atoms with van der Waals surface area (Å²) in [5.74, 6) is 1.92. The fourth-order valence-corrected chi connectivity index (χ4v) is 2.53. The molecule has 1 aliphatic heterocycles. The Kier molecular flexibility index (Phi) is 4.11. The number of ether oxygens (including phenoxy) is 2. The quantitative estimate of drug-likeness (QED) is 0.907. The van der Waals surface area contributed by atoms with E-state index in [1.165, 1.54) is 11.1 Å². The monoisotopic (exact) mass is 283 g/mol. The summed E-state index contributed by atoms with van der Waals surface area (Å²) < 4.78 is 11.3. The smallest absolute Gasteiger partial charge is 0.124 e. The molecule has 3 rings (SSSR count). The molecule has 0 amide bonds. The number of para-hydroxylation sites is 1. The number of rotatable bonds is 5. The molecule has 0 saturated heterocycles. The van der Waals surface area contributed by atoms with E-state index in [0.29, 0.717) is 6.61 Å². The topological polar surface area (TPSA) is 30.5 Å². The van der Waals surface area contributed by atoms with Gasteiger partial charge in [-0.2, -0.15) is 0 Å². The van der Waals surface area contributed by atoms with Crippen LogP contribution in [0.4, 0.5) is 0 Å². The Labute approximate surface area is 125 Å². The average molecular weight is 283 g/mol. The fraction of sp³-hybridized carbons (Fsp3) is 0.333. The van der Waals surface area contributed by atoms with Crippen LogP contribution in [0.25, 0.3) is 0 Å². The van der Waals surface area contributed by atoms with Gasteiger partial charge in [0.15, 0.2) is 0 Å². The van der Waals surface area contributed by atoms with E-state index >= 15 is 0 Å². The highest BCUT2D eigenvalue weighted by molar-refractivity contribution is 5.39. The summed E-state index contributed by atoms with van der Waals surface area (Å²) in [7, 11) is 0. The highest BCUT2D eigenvalue weighted by atomic mass is 16.5. The average Bonchev–Trinajstić information content (AvgIpc) is 2.89. The van der Waals surface area contributed by atoms with Gasteiger partial charge >= 0.3 is 0 Å². The van der Waals surface area contributed by atoms with Crippen molar-refractivity contribution in [2.45, 2.75) is 32.5 Å². The molecule has 3 nitrogen and oxygen atoms in total. The van der Waals surface area contributed by atoms with Crippen LogP contribution in [0.2, 0.25) is 0 Å². The van der Waals surface area contributed by atoms with Gasteiger partial charge in [0, 0.05) is 12.1 Å². The number of benzene rings is 2. The second-order valence-corrected chi connectivity index (χ2v) is 5.59. The van der Waals surface area contributed by atoms with E-state index in [1.54, 1.807) is 0 Å². The molecular weight excluding hydrogens is 262 g/mol. The van der Waals surface area contributed by atoms with E-state index in [9.17, 15) is 0 Å². The number of hydrogen-bond acceptors (Lipinski definition) is 3. The Morgan fingerprint density at radius 1 is 1.14 bits per heavy atom. The Balaban J connectivity index is 1.59. The first kappa shape index (κ1) is 14.0. The Morgan fingerprint density at radius 3 is 2.67 bits per heavy atom. The lowest BCUT2D eigenvalue weighted by molar-refractivity contribution is 0.242. The minimum Gasteiger partial charge on any atom is -0.491 e. The highest BCUT2D eigenvalue weighted by Crippen LogP contribution is 2.31. The molecule has 0 fully saturated rings. The van der Waals surface area contributed by atoms with Gasteiger partial charge in [0.2, 0.25) is 0 Å². The summed E-state index contributed by atoms with van der Waals surface area (Å²) >= 11 is 0. The molecular formula is C18H21NO2. The zero-order chi connectivity index (χ0) is 14.7. The first-order valence-corrected chi connectivity index (χ1v) is 7.43. The summed E-state index contributed by atoms with van der Waals surface area (Å²) in [5, 5.41) is 3.55. The molecule has 1 heterocycles. The van der Waals surface area contributed by atoms with Crippen molar-refractivity contribution < 1.29 is 9.47 Å². The highest BCUT2D eigenvalue weighted by Gasteiger charge is 2.22. The van der Waals surface area contributed by atoms with Gasteiger partial charge in [0.05, 0.1) is 12.1 Å². The predicted molar refractivity (Wildman–Crippen MR) is 83.7 cm³/mol. The molecule has 0 radical (unpaired) electrons. The van der Waals surface area contributed by atoms with E-state index < -0.39 is 0 Å². The second kappa shape index (κ2) is 6.19. The van der Waals surface area contributed by atoms with Crippen molar-refractivity contribution >= 4 is 0 Å². The lowest BCUT2D eigenvalue weighted by Gasteiger charge is -2.13. The molecule has 1 N–H and O–H groups in total. The van der Waals surface area contributed by atoms with Gasteiger partial charge in [-0.05, 0) is 37.6 Å². The van der Waals surface area contributed by atoms with Crippen molar-refractivity contribution in [1.29, 1.82) is 0 Å². The minimum atomic E-state index is 0.209. The summed E-state index contributed by atoms with van der Waals surface area (Å²) in [4.78, 5) is 0. The van der Waals surface area contributed by atoms with Crippen LogP contribution < -0.4 is 14.8 Å². The standard InChI is InChI=1S/C18H21NO2/c1-13(2)21-15-9-7-14(8-10-15)11-19-17-12-20-18-6-4-3-5-16(17)18/h3-10,13,17,19H,11-12H2,1-2H3. The van der Waals surface area contributed by atoms with Gasteiger partial charge in [0.1, 0.15) is 18.1 Å². The first-order chi connectivity index (χ1) is 10.2. The van der Waals surface area contributed by atoms with Crippen LogP contribution >= 0.6 is 0 Å². The van der Waals surface area contributed by atoms with Crippen LogP contribution in [0, 0.1) is 0 Å². The summed E-state index contributed by atoms with van der Waals surface area (Å²) in [6.07, 6.45) is 0.209. The number of hydrogen-bond donors (Lipinski definition) is 1. The lowest BCUT2D eigenvalue weighted by Crippen LogP contribution is -2.21. The van der Waals surface area contributed by atoms with Crippen molar-refractivity contribution in [3.05, 3.63) is 59.7 Å². The zero-order valence-corrected chi connectivity index (χ0v) is 12.5. The fourth-order valence-electron chi connectivity index (χ4n) is 2.53. The van der Waals surface area contributed by atoms with Gasteiger partial charge < -0.3 is 14.8 Å². The summed E-state index contributed by atoms with van der Waals surface area (Å²) in [6, 6.07) is 16.7. The molecule has 110 valence electrons. The second-order valence-electron chi connectivity index (χ2n) is 5.59. The molecule has 0 bridgehead atoms. The Bertz CT molecular complexity index is 592. The van der Waals surface area contributed by atoms with Crippen molar-refractivity contribution in [1.82, 2.24) is 5.32 Å². The SMILES string of the molecule is CC(C)Oc1ccc(CNC2COc3ccccc32)cc1. The molecule has 2 aromatic rings. The molecule has 21 heavy (non-hydrogen) atoms. The molecule has 0 aliphatic carbocycles. The maximum atomic E-state index is 5.68. The molecule has 0 spiro atoms. The van der Waals surface area contributed by atoms with Gasteiger partial charge in [0.25, 0.3) is 0 Å². The van der Waals surface area contributed by atoms with Crippen molar-refractivity contribution in [3.63, 3.8) is 0 Å². The zero-order valence-electron chi connectivity index (χ0n) is 12.5. The third-order valence-corrected chi connectivity index (χ3v) is 3.55. The van der Waals surface area contributed by atoms with Gasteiger partial charge in [-0.25, -0.2) is 0 Å². The molecule has 2 aromatic carbocycles. The van der Waals surface area contributed by atoms with Crippen molar-refractivity contribution in [3.8, 4) is 11.5 Å². The van der Waals surface area contributed by atoms with Crippen LogP contribution in [0.3, 0.4) is 0 Å². The number of fused-ring (bicyclic) bond motifs is 1. The van der Waals surface area contributed by atoms with Crippen LogP contribution in [0.15, 0.2) is 48.5 Å². The van der Waals surface area contributed by atoms with Gasteiger partial charge in [-0.1, -0.05) is 30.3 Å². The van der Waals surface area contributed by atoms with E-state index in [-0.39, 0.29) is 12.1 Å². The van der Waals surface area contributed by atoms with Crippen LogP contribution in [-0.2, 0) is 6.54 Å². The van der Waals surface area contributed by atoms with Crippen molar-refractivity contribution in [2.75, 3.05) is 6.61 Å². The number of nitrogens with one attached hydrogen (secondary N) is 1. The summed E-state index contributed by atoms with van der Waals surface area (Å²) in [6.45, 7) is 5.60. The van der Waals surface area contributed by atoms with E-state index in [4.69, 9.17) is 9.47 Å². The molecule has 1 atom stereocenters. The van der Waals surface area contributed by atoms with Crippen LogP contribution in [0.1, 0.15) is 31.0 Å². The molecule has 1 unspecified atom stereocenters. The molecule has 0 aromatic heterocycles. The maximum Gasteiger partial charge on any atom is 0.124 e. The normalized spacial score (nSPS) is 16.6. The maximum absolute atomic E-state index is 5.68. The first-order valence-electron chi connectivity index (χ1n) is 7.43. The van der Waals surface area contributed by atoms with Crippen molar-refractivity contribution in [2.24, 2.45) is 0 Å². The van der Waals surface area contributed by atoms with Crippen LogP contribution in [-0.4, -0.2) is 12.7 Å². The third kappa shape index (κ3) is 3.37. The Morgan fingerprint density at radius 2 is 1.90 bits per heavy atom. The van der Waals surface area contributed by atoms with Gasteiger partial charge in [-0.3, -0.25) is 0 Å². The van der Waals surface area contributed by atoms with Crippen LogP contribution in [0.5, 0.6) is 11.5 Å². The molecule has 1 aliphatic rings. The molecule has 3 heteroatoms. The third-order valence-electron chi connectivity index (χ3n) is 3.55. The van der Waals surface area contributed by atoms with E-state index in [2.05, 4.69) is 29.6 Å². The Hall–Kier alpha value is -2.00. The molecule has 0 saturated carbocycles. The predicted octanol–water partition coefficient (Wildman–Crippen LogP) is 3.70. The summed E-state index contributed by atoms with van der Waals surface area (Å²) in [5.41, 5.74) is 2.49. The van der Waals surface area contributed by atoms with Gasteiger partial charge in [-0.15, -0.1) is 0 Å². The largest absolute Gasteiger partial charge is 0.491 e. The van der Waals surface area contributed by atoms with E-state index in [0.717, 1.165) is 18.0 Å². The lowest BCUT2D eigenvalue weighted by atomic mass is 10.1. The minimum absolute atomic E-state index is 0.209. The van der Waals surface area contributed by atoms with E-state index in [1.807, 2.05) is 38.1 Å².